The average Bonchev–Trinajstić information content (AvgIpc) is 3.17. The van der Waals surface area contributed by atoms with E-state index in [1.807, 2.05) is 36.5 Å². The Morgan fingerprint density at radius 1 is 1.30 bits per heavy atom. The fourth-order valence-electron chi connectivity index (χ4n) is 3.51. The van der Waals surface area contributed by atoms with Gasteiger partial charge in [-0.1, -0.05) is 11.6 Å². The highest BCUT2D eigenvalue weighted by atomic mass is 35.5. The van der Waals surface area contributed by atoms with E-state index in [4.69, 9.17) is 16.3 Å². The van der Waals surface area contributed by atoms with Gasteiger partial charge in [-0.2, -0.15) is 5.26 Å². The first-order chi connectivity index (χ1) is 13.2. The number of pyridine rings is 1. The van der Waals surface area contributed by atoms with Crippen molar-refractivity contribution < 1.29 is 4.74 Å². The summed E-state index contributed by atoms with van der Waals surface area (Å²) >= 11 is 6.36. The molecule has 0 spiro atoms. The zero-order valence-corrected chi connectivity index (χ0v) is 15.8. The summed E-state index contributed by atoms with van der Waals surface area (Å²) in [5.41, 5.74) is 3.14. The Hall–Kier alpha value is -2.75. The highest BCUT2D eigenvalue weighted by Gasteiger charge is 2.20. The minimum Gasteiger partial charge on any atom is -0.381 e. The number of fused-ring (bicyclic) bond motifs is 1. The van der Waals surface area contributed by atoms with Crippen molar-refractivity contribution in [2.45, 2.75) is 18.9 Å². The van der Waals surface area contributed by atoms with Crippen molar-refractivity contribution in [1.82, 2.24) is 9.97 Å². The zero-order valence-electron chi connectivity index (χ0n) is 15.0. The molecule has 0 aliphatic carbocycles. The second-order valence-electron chi connectivity index (χ2n) is 6.65. The summed E-state index contributed by atoms with van der Waals surface area (Å²) in [4.78, 5) is 9.83. The molecule has 1 aromatic carbocycles. The number of hydrogen-bond donors (Lipinski definition) is 2. The number of piperidine rings is 1. The number of nitrogens with zero attached hydrogens (tertiary/aromatic N) is 3. The van der Waals surface area contributed by atoms with Gasteiger partial charge in [-0.15, -0.1) is 0 Å². The van der Waals surface area contributed by atoms with Gasteiger partial charge in [0.2, 0.25) is 0 Å². The molecule has 4 rings (SSSR count). The van der Waals surface area contributed by atoms with Gasteiger partial charge in [-0.25, -0.2) is 4.98 Å². The van der Waals surface area contributed by atoms with Crippen molar-refractivity contribution >= 4 is 39.7 Å². The monoisotopic (exact) mass is 381 g/mol. The maximum Gasteiger partial charge on any atom is 0.144 e. The Kier molecular flexibility index (Phi) is 4.88. The van der Waals surface area contributed by atoms with Crippen molar-refractivity contribution in [3.63, 3.8) is 0 Å². The standard InChI is InChI=1S/C20H20ClN5O/c1-27-16-3-6-26(7-4-16)15-8-14(12-22)25-20(11-15)24-13-9-18(21)17-2-5-23-19(17)10-13/h2,5,8-11,16,23H,3-4,6-7H2,1H3,(H,24,25). The predicted octanol–water partition coefficient (Wildman–Crippen LogP) is 4.45. The lowest BCUT2D eigenvalue weighted by Gasteiger charge is -2.33. The van der Waals surface area contributed by atoms with E-state index >= 15 is 0 Å². The normalized spacial score (nSPS) is 15.1. The third kappa shape index (κ3) is 3.70. The van der Waals surface area contributed by atoms with Crippen LogP contribution < -0.4 is 10.2 Å². The lowest BCUT2D eigenvalue weighted by atomic mass is 10.1. The van der Waals surface area contributed by atoms with E-state index in [0.29, 0.717) is 22.6 Å². The largest absolute Gasteiger partial charge is 0.381 e. The van der Waals surface area contributed by atoms with E-state index in [9.17, 15) is 5.26 Å². The number of anilines is 3. The molecular formula is C20H20ClN5O. The second-order valence-corrected chi connectivity index (χ2v) is 7.06. The molecule has 1 saturated heterocycles. The lowest BCUT2D eigenvalue weighted by molar-refractivity contribution is 0.0819. The molecule has 0 radical (unpaired) electrons. The summed E-state index contributed by atoms with van der Waals surface area (Å²) in [7, 11) is 1.76. The molecule has 0 saturated carbocycles. The molecule has 6 nitrogen and oxygen atoms in total. The highest BCUT2D eigenvalue weighted by molar-refractivity contribution is 6.35. The first kappa shape index (κ1) is 17.7. The Labute approximate surface area is 162 Å². The lowest BCUT2D eigenvalue weighted by Crippen LogP contribution is -2.36. The molecule has 3 aromatic rings. The van der Waals surface area contributed by atoms with E-state index < -0.39 is 0 Å². The van der Waals surface area contributed by atoms with E-state index in [1.54, 1.807) is 7.11 Å². The van der Waals surface area contributed by atoms with E-state index in [0.717, 1.165) is 48.2 Å². The molecule has 2 aromatic heterocycles. The van der Waals surface area contributed by atoms with Gasteiger partial charge < -0.3 is 19.9 Å². The van der Waals surface area contributed by atoms with Crippen LogP contribution in [0, 0.1) is 11.3 Å². The van der Waals surface area contributed by atoms with Crippen molar-refractivity contribution in [2.75, 3.05) is 30.4 Å². The summed E-state index contributed by atoms with van der Waals surface area (Å²) in [6.45, 7) is 1.79. The number of H-pyrrole nitrogens is 1. The number of rotatable bonds is 4. The Balaban J connectivity index is 1.61. The summed E-state index contributed by atoms with van der Waals surface area (Å²) in [6, 6.07) is 11.7. The predicted molar refractivity (Wildman–Crippen MR) is 108 cm³/mol. The van der Waals surface area contributed by atoms with Crippen molar-refractivity contribution in [2.24, 2.45) is 0 Å². The molecule has 0 bridgehead atoms. The van der Waals surface area contributed by atoms with Crippen LogP contribution >= 0.6 is 11.6 Å². The van der Waals surface area contributed by atoms with Gasteiger partial charge in [-0.05, 0) is 37.1 Å². The topological polar surface area (TPSA) is 77.0 Å². The fourth-order valence-corrected chi connectivity index (χ4v) is 3.79. The maximum absolute atomic E-state index is 9.38. The van der Waals surface area contributed by atoms with Crippen LogP contribution in [-0.4, -0.2) is 36.3 Å². The van der Waals surface area contributed by atoms with Crippen LogP contribution in [0.15, 0.2) is 36.5 Å². The van der Waals surface area contributed by atoms with Crippen molar-refractivity contribution in [1.29, 1.82) is 5.26 Å². The van der Waals surface area contributed by atoms with Crippen LogP contribution in [0.5, 0.6) is 0 Å². The quantitative estimate of drug-likeness (QED) is 0.698. The van der Waals surface area contributed by atoms with Crippen LogP contribution in [0.1, 0.15) is 18.5 Å². The van der Waals surface area contributed by atoms with Crippen molar-refractivity contribution in [3.8, 4) is 6.07 Å². The number of nitrogens with one attached hydrogen (secondary N) is 2. The van der Waals surface area contributed by atoms with E-state index in [1.165, 1.54) is 0 Å². The first-order valence-corrected chi connectivity index (χ1v) is 9.27. The van der Waals surface area contributed by atoms with Gasteiger partial charge in [0.05, 0.1) is 11.1 Å². The molecule has 1 aliphatic rings. The highest BCUT2D eigenvalue weighted by Crippen LogP contribution is 2.30. The van der Waals surface area contributed by atoms with Gasteiger partial charge in [0.25, 0.3) is 0 Å². The summed E-state index contributed by atoms with van der Waals surface area (Å²) in [6.07, 6.45) is 4.12. The van der Waals surface area contributed by atoms with Crippen LogP contribution in [0.4, 0.5) is 17.2 Å². The molecule has 27 heavy (non-hydrogen) atoms. The third-order valence-corrected chi connectivity index (χ3v) is 5.27. The molecular weight excluding hydrogens is 362 g/mol. The molecule has 1 fully saturated rings. The first-order valence-electron chi connectivity index (χ1n) is 8.90. The van der Waals surface area contributed by atoms with Crippen LogP contribution in [0.25, 0.3) is 10.9 Å². The number of aromatic amines is 1. The molecule has 1 aliphatic heterocycles. The zero-order chi connectivity index (χ0) is 18.8. The molecule has 0 unspecified atom stereocenters. The number of methoxy groups -OCH3 is 1. The smallest absolute Gasteiger partial charge is 0.144 e. The van der Waals surface area contributed by atoms with Gasteiger partial charge in [0.1, 0.15) is 17.6 Å². The number of nitriles is 1. The van der Waals surface area contributed by atoms with Crippen LogP contribution in [0.2, 0.25) is 5.02 Å². The van der Waals surface area contributed by atoms with E-state index in [-0.39, 0.29) is 0 Å². The Bertz CT molecular complexity index is 1000. The van der Waals surface area contributed by atoms with Crippen LogP contribution in [-0.2, 0) is 4.74 Å². The Morgan fingerprint density at radius 2 is 2.11 bits per heavy atom. The second kappa shape index (κ2) is 7.47. The average molecular weight is 382 g/mol. The van der Waals surface area contributed by atoms with E-state index in [2.05, 4.69) is 26.3 Å². The number of aromatic nitrogens is 2. The number of halogens is 1. The number of benzene rings is 1. The summed E-state index contributed by atoms with van der Waals surface area (Å²) in [5.74, 6) is 0.625. The minimum absolute atomic E-state index is 0.311. The number of hydrogen-bond acceptors (Lipinski definition) is 5. The van der Waals surface area contributed by atoms with Gasteiger partial charge in [0, 0.05) is 54.7 Å². The van der Waals surface area contributed by atoms with Crippen molar-refractivity contribution in [3.05, 3.63) is 47.2 Å². The summed E-state index contributed by atoms with van der Waals surface area (Å²) < 4.78 is 5.44. The molecule has 2 N–H and O–H groups in total. The fraction of sp³-hybridized carbons (Fsp3) is 0.300. The molecule has 138 valence electrons. The number of ether oxygens (including phenoxy) is 1. The maximum atomic E-state index is 9.38. The molecule has 3 heterocycles. The Morgan fingerprint density at radius 3 is 2.85 bits per heavy atom. The molecule has 0 amide bonds. The minimum atomic E-state index is 0.311. The summed E-state index contributed by atoms with van der Waals surface area (Å²) in [5, 5.41) is 14.3. The molecule has 0 atom stereocenters. The van der Waals surface area contributed by atoms with Gasteiger partial charge in [-0.3, -0.25) is 0 Å². The SMILES string of the molecule is COC1CCN(c2cc(C#N)nc(Nc3cc(Cl)c4cc[nH]c4c3)c2)CC1. The molecule has 7 heteroatoms. The van der Waals surface area contributed by atoms with Gasteiger partial charge >= 0.3 is 0 Å². The van der Waals surface area contributed by atoms with Gasteiger partial charge in [0.15, 0.2) is 0 Å². The third-order valence-electron chi connectivity index (χ3n) is 4.96. The van der Waals surface area contributed by atoms with Crippen LogP contribution in [0.3, 0.4) is 0 Å².